The topological polar surface area (TPSA) is 91.2 Å². The Labute approximate surface area is 131 Å². The number of alkyl halides is 1. The number of tetrazole rings is 1. The van der Waals surface area contributed by atoms with Gasteiger partial charge in [-0.25, -0.2) is 4.39 Å². The van der Waals surface area contributed by atoms with Crippen LogP contribution in [0.1, 0.15) is 22.3 Å². The van der Waals surface area contributed by atoms with Crippen LogP contribution in [0.25, 0.3) is 0 Å². The molecule has 110 valence electrons. The van der Waals surface area contributed by atoms with E-state index in [4.69, 9.17) is 10.5 Å². The average Bonchev–Trinajstić information content (AvgIpc) is 3.16. The van der Waals surface area contributed by atoms with E-state index in [1.165, 1.54) is 54.9 Å². The first-order valence-corrected chi connectivity index (χ1v) is 6.62. The Kier molecular flexibility index (Phi) is 3.54. The lowest BCUT2D eigenvalue weighted by molar-refractivity contribution is 0.154. The Morgan fingerprint density at radius 3 is 1.70 bits per heavy atom. The molecule has 0 N–H and O–H groups in total. The van der Waals surface area contributed by atoms with Crippen LogP contribution in [0.2, 0.25) is 0 Å². The van der Waals surface area contributed by atoms with Crippen LogP contribution < -0.4 is 0 Å². The van der Waals surface area contributed by atoms with Crippen molar-refractivity contribution in [2.45, 2.75) is 5.79 Å². The molecule has 0 amide bonds. The monoisotopic (exact) mass is 304 g/mol. The minimum absolute atomic E-state index is 0.272. The third-order valence-corrected chi connectivity index (χ3v) is 3.46. The summed E-state index contributed by atoms with van der Waals surface area (Å²) in [6.07, 6.45) is 1.18. The van der Waals surface area contributed by atoms with Crippen LogP contribution in [0, 0.1) is 22.7 Å². The molecule has 0 aliphatic carbocycles. The predicted octanol–water partition coefficient (Wildman–Crippen LogP) is 2.14. The number of aromatic nitrogens is 4. The van der Waals surface area contributed by atoms with E-state index in [0.717, 1.165) is 4.68 Å². The van der Waals surface area contributed by atoms with Crippen molar-refractivity contribution in [1.29, 1.82) is 10.5 Å². The van der Waals surface area contributed by atoms with Crippen LogP contribution in [0.15, 0.2) is 54.9 Å². The summed E-state index contributed by atoms with van der Waals surface area (Å²) in [6.45, 7) is 0. The lowest BCUT2D eigenvalue weighted by Gasteiger charge is -2.25. The highest BCUT2D eigenvalue weighted by atomic mass is 19.1. The van der Waals surface area contributed by atoms with Gasteiger partial charge in [0.1, 0.15) is 6.33 Å². The molecule has 0 unspecified atom stereocenters. The van der Waals surface area contributed by atoms with Gasteiger partial charge in [-0.05, 0) is 34.7 Å². The van der Waals surface area contributed by atoms with Gasteiger partial charge in [0.05, 0.1) is 23.3 Å². The third kappa shape index (κ3) is 2.41. The van der Waals surface area contributed by atoms with Gasteiger partial charge in [0.15, 0.2) is 0 Å². The second-order valence-electron chi connectivity index (χ2n) is 4.75. The number of hydrogen-bond acceptors (Lipinski definition) is 5. The van der Waals surface area contributed by atoms with Crippen molar-refractivity contribution < 1.29 is 4.39 Å². The maximum absolute atomic E-state index is 15.9. The fraction of sp³-hybridized carbons (Fsp3) is 0.0625. The van der Waals surface area contributed by atoms with E-state index in [1.54, 1.807) is 0 Å². The van der Waals surface area contributed by atoms with Crippen LogP contribution in [0.3, 0.4) is 0 Å². The van der Waals surface area contributed by atoms with E-state index in [0.29, 0.717) is 11.1 Å². The van der Waals surface area contributed by atoms with E-state index in [9.17, 15) is 0 Å². The molecule has 0 atom stereocenters. The molecule has 7 heteroatoms. The summed E-state index contributed by atoms with van der Waals surface area (Å²) in [4.78, 5) is 0. The molecule has 0 saturated carbocycles. The van der Waals surface area contributed by atoms with E-state index >= 15 is 4.39 Å². The Bertz CT molecular complexity index is 828. The van der Waals surface area contributed by atoms with Crippen LogP contribution in [0.5, 0.6) is 0 Å². The van der Waals surface area contributed by atoms with Gasteiger partial charge in [-0.2, -0.15) is 15.2 Å². The van der Waals surface area contributed by atoms with Crippen molar-refractivity contribution in [1.82, 2.24) is 20.2 Å². The van der Waals surface area contributed by atoms with Gasteiger partial charge < -0.3 is 0 Å². The van der Waals surface area contributed by atoms with Crippen molar-refractivity contribution in [3.63, 3.8) is 0 Å². The highest BCUT2D eigenvalue weighted by Crippen LogP contribution is 2.35. The van der Waals surface area contributed by atoms with Crippen molar-refractivity contribution in [3.8, 4) is 12.1 Å². The minimum atomic E-state index is -2.15. The van der Waals surface area contributed by atoms with Gasteiger partial charge in [0.25, 0.3) is 5.79 Å². The fourth-order valence-electron chi connectivity index (χ4n) is 2.26. The molecule has 0 radical (unpaired) electrons. The first-order valence-electron chi connectivity index (χ1n) is 6.62. The molecule has 6 nitrogen and oxygen atoms in total. The molecule has 0 fully saturated rings. The summed E-state index contributed by atoms with van der Waals surface area (Å²) in [5.74, 6) is -2.15. The molecule has 23 heavy (non-hydrogen) atoms. The molecular weight excluding hydrogens is 295 g/mol. The quantitative estimate of drug-likeness (QED) is 0.739. The lowest BCUT2D eigenvalue weighted by Crippen LogP contribution is -2.32. The van der Waals surface area contributed by atoms with Crippen LogP contribution in [-0.4, -0.2) is 20.2 Å². The summed E-state index contributed by atoms with van der Waals surface area (Å²) >= 11 is 0. The smallest absolute Gasteiger partial charge is 0.207 e. The van der Waals surface area contributed by atoms with E-state index in [2.05, 4.69) is 15.5 Å². The first kappa shape index (κ1) is 14.4. The van der Waals surface area contributed by atoms with Crippen molar-refractivity contribution in [2.75, 3.05) is 0 Å². The van der Waals surface area contributed by atoms with Crippen LogP contribution in [-0.2, 0) is 5.79 Å². The van der Waals surface area contributed by atoms with E-state index < -0.39 is 5.79 Å². The van der Waals surface area contributed by atoms with Gasteiger partial charge in [0.2, 0.25) is 0 Å². The van der Waals surface area contributed by atoms with E-state index in [1.807, 2.05) is 12.1 Å². The summed E-state index contributed by atoms with van der Waals surface area (Å²) < 4.78 is 16.9. The summed E-state index contributed by atoms with van der Waals surface area (Å²) in [6, 6.07) is 16.1. The average molecular weight is 304 g/mol. The van der Waals surface area contributed by atoms with Gasteiger partial charge >= 0.3 is 0 Å². The number of nitrogens with zero attached hydrogens (tertiary/aromatic N) is 6. The summed E-state index contributed by atoms with van der Waals surface area (Å²) in [7, 11) is 0. The van der Waals surface area contributed by atoms with Gasteiger partial charge in [-0.3, -0.25) is 0 Å². The van der Waals surface area contributed by atoms with Gasteiger partial charge in [-0.15, -0.1) is 5.10 Å². The second-order valence-corrected chi connectivity index (χ2v) is 4.75. The highest BCUT2D eigenvalue weighted by molar-refractivity contribution is 5.42. The van der Waals surface area contributed by atoms with Crippen LogP contribution in [0.4, 0.5) is 4.39 Å². The third-order valence-electron chi connectivity index (χ3n) is 3.46. The van der Waals surface area contributed by atoms with Gasteiger partial charge in [0, 0.05) is 11.1 Å². The molecular formula is C16H9FN6. The van der Waals surface area contributed by atoms with Crippen molar-refractivity contribution in [3.05, 3.63) is 77.1 Å². The Balaban J connectivity index is 2.18. The number of nitriles is 2. The number of rotatable bonds is 3. The van der Waals surface area contributed by atoms with Crippen molar-refractivity contribution >= 4 is 0 Å². The number of halogens is 1. The Morgan fingerprint density at radius 2 is 1.35 bits per heavy atom. The maximum Gasteiger partial charge on any atom is 0.255 e. The zero-order chi connectivity index (χ0) is 16.3. The first-order chi connectivity index (χ1) is 11.2. The summed E-state index contributed by atoms with van der Waals surface area (Å²) in [5.41, 5.74) is 1.39. The molecule has 3 rings (SSSR count). The van der Waals surface area contributed by atoms with Crippen molar-refractivity contribution in [2.24, 2.45) is 0 Å². The van der Waals surface area contributed by atoms with Crippen LogP contribution >= 0.6 is 0 Å². The Hall–Kier alpha value is -3.58. The lowest BCUT2D eigenvalue weighted by atomic mass is 9.94. The standard InChI is InChI=1S/C16H9FN6/c17-16(23-11-20-21-22-23,14-5-1-12(9-18)2-6-14)15-7-3-13(10-19)4-8-15/h1-8,11H. The molecule has 1 heterocycles. The molecule has 0 bridgehead atoms. The zero-order valence-corrected chi connectivity index (χ0v) is 11.8. The molecule has 0 saturated heterocycles. The molecule has 0 aliphatic rings. The zero-order valence-electron chi connectivity index (χ0n) is 11.8. The summed E-state index contributed by atoms with van der Waals surface area (Å²) in [5, 5.41) is 28.4. The largest absolute Gasteiger partial charge is 0.255 e. The second kappa shape index (κ2) is 5.66. The molecule has 2 aromatic carbocycles. The fourth-order valence-corrected chi connectivity index (χ4v) is 2.26. The van der Waals surface area contributed by atoms with Gasteiger partial charge in [-0.1, -0.05) is 24.3 Å². The Morgan fingerprint density at radius 1 is 0.870 bits per heavy atom. The molecule has 0 spiro atoms. The van der Waals surface area contributed by atoms with E-state index in [-0.39, 0.29) is 11.1 Å². The predicted molar refractivity (Wildman–Crippen MR) is 77.4 cm³/mol. The highest BCUT2D eigenvalue weighted by Gasteiger charge is 2.38. The maximum atomic E-state index is 15.9. The molecule has 0 aliphatic heterocycles. The normalized spacial score (nSPS) is 10.7. The molecule has 1 aromatic heterocycles. The number of benzene rings is 2. The molecule has 3 aromatic rings. The minimum Gasteiger partial charge on any atom is -0.207 e. The number of hydrogen-bond donors (Lipinski definition) is 0. The SMILES string of the molecule is N#Cc1ccc(C(F)(c2ccc(C#N)cc2)n2cnnn2)cc1.